The number of ether oxygens (including phenoxy) is 1. The van der Waals surface area contributed by atoms with Gasteiger partial charge in [-0.3, -0.25) is 9.69 Å². The molecule has 1 aromatic heterocycles. The number of urea groups is 1. The SMILES string of the molecule is O=C(NCCCN1CCOCC1)Nc1ccc2occc(=O)c2c1. The molecule has 0 saturated carbocycles. The minimum atomic E-state index is -0.281. The van der Waals surface area contributed by atoms with Gasteiger partial charge in [-0.1, -0.05) is 0 Å². The molecule has 128 valence electrons. The fraction of sp³-hybridized carbons (Fsp3) is 0.412. The average Bonchev–Trinajstić information content (AvgIpc) is 2.60. The molecule has 1 aromatic carbocycles. The number of carbonyl (C=O) groups excluding carboxylic acids is 1. The Kier molecular flexibility index (Phi) is 5.45. The number of nitrogens with one attached hydrogen (secondary N) is 2. The zero-order valence-corrected chi connectivity index (χ0v) is 13.4. The molecule has 7 heteroatoms. The third kappa shape index (κ3) is 4.33. The summed E-state index contributed by atoms with van der Waals surface area (Å²) in [5.74, 6) is 0. The quantitative estimate of drug-likeness (QED) is 0.814. The van der Waals surface area contributed by atoms with Crippen molar-refractivity contribution in [2.45, 2.75) is 6.42 Å². The van der Waals surface area contributed by atoms with Gasteiger partial charge in [-0.25, -0.2) is 4.79 Å². The molecular weight excluding hydrogens is 310 g/mol. The maximum absolute atomic E-state index is 11.9. The van der Waals surface area contributed by atoms with Crippen LogP contribution in [0.1, 0.15) is 6.42 Å². The summed E-state index contributed by atoms with van der Waals surface area (Å²) in [5, 5.41) is 6.01. The summed E-state index contributed by atoms with van der Waals surface area (Å²) in [6.07, 6.45) is 2.24. The van der Waals surface area contributed by atoms with Gasteiger partial charge in [0.05, 0.1) is 24.9 Å². The lowest BCUT2D eigenvalue weighted by atomic mass is 10.2. The minimum Gasteiger partial charge on any atom is -0.464 e. The van der Waals surface area contributed by atoms with Gasteiger partial charge in [0, 0.05) is 31.4 Å². The third-order valence-corrected chi connectivity index (χ3v) is 3.96. The molecule has 0 aliphatic carbocycles. The molecule has 0 bridgehead atoms. The number of benzene rings is 1. The number of nitrogens with zero attached hydrogens (tertiary/aromatic N) is 1. The summed E-state index contributed by atoms with van der Waals surface area (Å²) in [6.45, 7) is 5.00. The number of anilines is 1. The van der Waals surface area contributed by atoms with Gasteiger partial charge in [-0.2, -0.15) is 0 Å². The first-order valence-electron chi connectivity index (χ1n) is 8.09. The summed E-state index contributed by atoms with van der Waals surface area (Å²) >= 11 is 0. The lowest BCUT2D eigenvalue weighted by Crippen LogP contribution is -2.38. The second-order valence-corrected chi connectivity index (χ2v) is 5.68. The van der Waals surface area contributed by atoms with Crippen LogP contribution in [0.2, 0.25) is 0 Å². The van der Waals surface area contributed by atoms with Gasteiger partial charge in [0.25, 0.3) is 0 Å². The van der Waals surface area contributed by atoms with Gasteiger partial charge in [0.1, 0.15) is 5.58 Å². The van der Waals surface area contributed by atoms with Crippen LogP contribution in [0.15, 0.2) is 39.7 Å². The summed E-state index contributed by atoms with van der Waals surface area (Å²) in [6, 6.07) is 6.08. The molecule has 0 unspecified atom stereocenters. The molecule has 1 aliphatic heterocycles. The Hall–Kier alpha value is -2.38. The van der Waals surface area contributed by atoms with Crippen LogP contribution in [-0.4, -0.2) is 50.3 Å². The molecular formula is C17H21N3O4. The number of morpholine rings is 1. The first-order chi connectivity index (χ1) is 11.7. The topological polar surface area (TPSA) is 83.8 Å². The van der Waals surface area contributed by atoms with Crippen LogP contribution in [0.3, 0.4) is 0 Å². The van der Waals surface area contributed by atoms with Crippen LogP contribution in [0.25, 0.3) is 11.0 Å². The van der Waals surface area contributed by atoms with Crippen LogP contribution >= 0.6 is 0 Å². The van der Waals surface area contributed by atoms with E-state index in [2.05, 4.69) is 15.5 Å². The Bertz CT molecular complexity index is 753. The standard InChI is InChI=1S/C17H21N3O4/c21-15-4-9-24-16-3-2-13(12-14(15)16)19-17(22)18-5-1-6-20-7-10-23-11-8-20/h2-4,9,12H,1,5-8,10-11H2,(H2,18,19,22). The molecule has 2 amide bonds. The largest absolute Gasteiger partial charge is 0.464 e. The van der Waals surface area contributed by atoms with Crippen LogP contribution in [0.4, 0.5) is 10.5 Å². The van der Waals surface area contributed by atoms with Gasteiger partial charge in [0.15, 0.2) is 5.43 Å². The number of hydrogen-bond donors (Lipinski definition) is 2. The minimum absolute atomic E-state index is 0.134. The fourth-order valence-corrected chi connectivity index (χ4v) is 2.67. The van der Waals surface area contributed by atoms with E-state index in [4.69, 9.17) is 9.15 Å². The Morgan fingerprint density at radius 1 is 1.21 bits per heavy atom. The van der Waals surface area contributed by atoms with Crippen molar-refractivity contribution >= 4 is 22.7 Å². The van der Waals surface area contributed by atoms with Gasteiger partial charge in [0.2, 0.25) is 0 Å². The fourth-order valence-electron chi connectivity index (χ4n) is 2.67. The van der Waals surface area contributed by atoms with Gasteiger partial charge in [-0.15, -0.1) is 0 Å². The predicted molar refractivity (Wildman–Crippen MR) is 91.4 cm³/mol. The maximum atomic E-state index is 11.9. The van der Waals surface area contributed by atoms with E-state index in [0.717, 1.165) is 39.3 Å². The van der Waals surface area contributed by atoms with Crippen molar-refractivity contribution in [1.29, 1.82) is 0 Å². The number of hydrogen-bond acceptors (Lipinski definition) is 5. The van der Waals surface area contributed by atoms with E-state index in [0.29, 0.717) is 23.2 Å². The molecule has 2 aromatic rings. The van der Waals surface area contributed by atoms with E-state index in [-0.39, 0.29) is 11.5 Å². The monoisotopic (exact) mass is 331 g/mol. The van der Waals surface area contributed by atoms with Crippen molar-refractivity contribution in [3.05, 3.63) is 40.8 Å². The Labute approximate surface area is 139 Å². The zero-order valence-electron chi connectivity index (χ0n) is 13.4. The Morgan fingerprint density at radius 3 is 2.88 bits per heavy atom. The molecule has 0 radical (unpaired) electrons. The highest BCUT2D eigenvalue weighted by Gasteiger charge is 2.10. The molecule has 2 N–H and O–H groups in total. The predicted octanol–water partition coefficient (Wildman–Crippen LogP) is 1.64. The van der Waals surface area contributed by atoms with E-state index >= 15 is 0 Å². The van der Waals surface area contributed by atoms with E-state index in [1.807, 2.05) is 0 Å². The number of rotatable bonds is 5. The normalized spacial score (nSPS) is 15.3. The van der Waals surface area contributed by atoms with E-state index in [9.17, 15) is 9.59 Å². The molecule has 2 heterocycles. The molecule has 1 saturated heterocycles. The number of amides is 2. The van der Waals surface area contributed by atoms with E-state index in [1.54, 1.807) is 18.2 Å². The molecule has 0 spiro atoms. The van der Waals surface area contributed by atoms with Crippen LogP contribution in [0.5, 0.6) is 0 Å². The molecule has 7 nitrogen and oxygen atoms in total. The second-order valence-electron chi connectivity index (χ2n) is 5.68. The van der Waals surface area contributed by atoms with Crippen molar-refractivity contribution in [2.24, 2.45) is 0 Å². The molecule has 24 heavy (non-hydrogen) atoms. The second kappa shape index (κ2) is 7.94. The molecule has 3 rings (SSSR count). The highest BCUT2D eigenvalue weighted by molar-refractivity contribution is 5.92. The number of carbonyl (C=O) groups is 1. The first kappa shape index (κ1) is 16.5. The smallest absolute Gasteiger partial charge is 0.319 e. The Balaban J connectivity index is 1.46. The van der Waals surface area contributed by atoms with Crippen LogP contribution in [-0.2, 0) is 4.74 Å². The summed E-state index contributed by atoms with van der Waals surface area (Å²) in [7, 11) is 0. The maximum Gasteiger partial charge on any atom is 0.319 e. The third-order valence-electron chi connectivity index (χ3n) is 3.96. The highest BCUT2D eigenvalue weighted by Crippen LogP contribution is 2.15. The average molecular weight is 331 g/mol. The van der Waals surface area contributed by atoms with Crippen molar-refractivity contribution in [3.63, 3.8) is 0 Å². The van der Waals surface area contributed by atoms with Crippen molar-refractivity contribution < 1.29 is 13.9 Å². The van der Waals surface area contributed by atoms with Gasteiger partial charge < -0.3 is 19.8 Å². The highest BCUT2D eigenvalue weighted by atomic mass is 16.5. The number of fused-ring (bicyclic) bond motifs is 1. The van der Waals surface area contributed by atoms with Crippen molar-refractivity contribution in [1.82, 2.24) is 10.2 Å². The Morgan fingerprint density at radius 2 is 2.04 bits per heavy atom. The zero-order chi connectivity index (χ0) is 16.8. The van der Waals surface area contributed by atoms with E-state index in [1.165, 1.54) is 12.3 Å². The van der Waals surface area contributed by atoms with E-state index < -0.39 is 0 Å². The molecule has 1 fully saturated rings. The van der Waals surface area contributed by atoms with Gasteiger partial charge >= 0.3 is 6.03 Å². The molecule has 1 aliphatic rings. The summed E-state index contributed by atoms with van der Waals surface area (Å²) < 4.78 is 10.5. The molecule has 0 atom stereocenters. The van der Waals surface area contributed by atoms with Crippen LogP contribution in [0, 0.1) is 0 Å². The van der Waals surface area contributed by atoms with Crippen molar-refractivity contribution in [3.8, 4) is 0 Å². The van der Waals surface area contributed by atoms with Crippen molar-refractivity contribution in [2.75, 3.05) is 44.7 Å². The van der Waals surface area contributed by atoms with Crippen LogP contribution < -0.4 is 16.1 Å². The van der Waals surface area contributed by atoms with Gasteiger partial charge in [-0.05, 0) is 31.2 Å². The lowest BCUT2D eigenvalue weighted by molar-refractivity contribution is 0.0375. The first-order valence-corrected chi connectivity index (χ1v) is 8.09. The lowest BCUT2D eigenvalue weighted by Gasteiger charge is -2.26. The summed E-state index contributed by atoms with van der Waals surface area (Å²) in [4.78, 5) is 26.0. The summed E-state index contributed by atoms with van der Waals surface area (Å²) in [5.41, 5.74) is 0.927.